The van der Waals surface area contributed by atoms with Crippen LogP contribution in [0, 0.1) is 13.8 Å². The van der Waals surface area contributed by atoms with Crippen molar-refractivity contribution in [2.24, 2.45) is 0 Å². The minimum Gasteiger partial charge on any atom is -0.497 e. The Morgan fingerprint density at radius 1 is 1.16 bits per heavy atom. The summed E-state index contributed by atoms with van der Waals surface area (Å²) in [5.41, 5.74) is 1.49. The quantitative estimate of drug-likeness (QED) is 0.453. The molecule has 4 rings (SSSR count). The van der Waals surface area contributed by atoms with Gasteiger partial charge in [-0.15, -0.1) is 0 Å². The normalized spacial score (nSPS) is 18.2. The number of urea groups is 1. The fraction of sp³-hybridized carbons (Fsp3) is 0.292. The number of imide groups is 1. The molecule has 1 unspecified atom stereocenters. The van der Waals surface area contributed by atoms with Crippen molar-refractivity contribution in [3.8, 4) is 5.75 Å². The molecule has 1 atom stereocenters. The largest absolute Gasteiger partial charge is 0.497 e. The maximum absolute atomic E-state index is 13.2. The summed E-state index contributed by atoms with van der Waals surface area (Å²) in [6.07, 6.45) is 1.60. The number of rotatable bonds is 7. The van der Waals surface area contributed by atoms with Crippen molar-refractivity contribution in [1.82, 2.24) is 14.8 Å². The summed E-state index contributed by atoms with van der Waals surface area (Å²) in [5.74, 6) is 0.651. The van der Waals surface area contributed by atoms with Crippen molar-refractivity contribution >= 4 is 17.7 Å². The lowest BCUT2D eigenvalue weighted by molar-refractivity contribution is -0.130. The van der Waals surface area contributed by atoms with Gasteiger partial charge in [0.2, 0.25) is 0 Å². The molecule has 3 amide bonds. The summed E-state index contributed by atoms with van der Waals surface area (Å²) < 4.78 is 12.5. The fourth-order valence-electron chi connectivity index (χ4n) is 4.07. The van der Waals surface area contributed by atoms with Gasteiger partial charge >= 0.3 is 6.03 Å². The van der Waals surface area contributed by atoms with E-state index in [1.807, 2.05) is 30.5 Å². The summed E-state index contributed by atoms with van der Waals surface area (Å²) in [5, 5.41) is 2.73. The van der Waals surface area contributed by atoms with Crippen LogP contribution in [0.2, 0.25) is 0 Å². The average molecular weight is 435 g/mol. The zero-order valence-corrected chi connectivity index (χ0v) is 18.5. The number of nitrogens with zero attached hydrogens (tertiary/aromatic N) is 2. The number of carbonyl (C=O) groups excluding carboxylic acids is 3. The third kappa shape index (κ3) is 3.57. The molecule has 166 valence electrons. The first-order valence-electron chi connectivity index (χ1n) is 10.3. The Morgan fingerprint density at radius 3 is 2.50 bits per heavy atom. The predicted octanol–water partition coefficient (Wildman–Crippen LogP) is 3.40. The van der Waals surface area contributed by atoms with Gasteiger partial charge in [0.15, 0.2) is 5.78 Å². The van der Waals surface area contributed by atoms with E-state index < -0.39 is 17.5 Å². The van der Waals surface area contributed by atoms with Gasteiger partial charge in [-0.25, -0.2) is 4.79 Å². The first kappa shape index (κ1) is 21.4. The van der Waals surface area contributed by atoms with Gasteiger partial charge in [0.1, 0.15) is 17.0 Å². The SMILES string of the molecule is COc1ccc(C2(C)NC(=O)N(CC(=O)c3cc(C)n(Cc4ccco4)c3C)C2=O)cc1. The van der Waals surface area contributed by atoms with Gasteiger partial charge in [0, 0.05) is 17.0 Å². The number of Topliss-reactive ketones (excluding diaryl/α,β-unsaturated/α-hetero) is 1. The van der Waals surface area contributed by atoms with E-state index in [9.17, 15) is 14.4 Å². The van der Waals surface area contributed by atoms with Gasteiger partial charge < -0.3 is 19.0 Å². The van der Waals surface area contributed by atoms with E-state index in [4.69, 9.17) is 9.15 Å². The predicted molar refractivity (Wildman–Crippen MR) is 117 cm³/mol. The Morgan fingerprint density at radius 2 is 1.88 bits per heavy atom. The van der Waals surface area contributed by atoms with Crippen LogP contribution in [0.15, 0.2) is 53.1 Å². The number of nitrogens with one attached hydrogen (secondary N) is 1. The van der Waals surface area contributed by atoms with Crippen molar-refractivity contribution in [2.45, 2.75) is 32.9 Å². The van der Waals surface area contributed by atoms with Crippen molar-refractivity contribution in [3.05, 3.63) is 77.0 Å². The highest BCUT2D eigenvalue weighted by Crippen LogP contribution is 2.30. The molecule has 1 N–H and O–H groups in total. The zero-order valence-electron chi connectivity index (χ0n) is 18.5. The Balaban J connectivity index is 1.54. The number of benzene rings is 1. The van der Waals surface area contributed by atoms with Gasteiger partial charge in [-0.1, -0.05) is 12.1 Å². The van der Waals surface area contributed by atoms with Crippen molar-refractivity contribution in [2.75, 3.05) is 13.7 Å². The lowest BCUT2D eigenvalue weighted by Gasteiger charge is -2.22. The van der Waals surface area contributed by atoms with Crippen LogP contribution in [-0.2, 0) is 16.9 Å². The highest BCUT2D eigenvalue weighted by atomic mass is 16.5. The number of carbonyl (C=O) groups is 3. The van der Waals surface area contributed by atoms with Crippen molar-refractivity contribution < 1.29 is 23.5 Å². The van der Waals surface area contributed by atoms with Gasteiger partial charge in [0.05, 0.1) is 26.5 Å². The molecule has 32 heavy (non-hydrogen) atoms. The molecule has 1 fully saturated rings. The third-order valence-electron chi connectivity index (χ3n) is 6.01. The van der Waals surface area contributed by atoms with Crippen molar-refractivity contribution in [1.29, 1.82) is 0 Å². The lowest BCUT2D eigenvalue weighted by atomic mass is 9.92. The van der Waals surface area contributed by atoms with E-state index in [2.05, 4.69) is 5.32 Å². The Bertz CT molecular complexity index is 1180. The van der Waals surface area contributed by atoms with Gasteiger partial charge in [0.25, 0.3) is 5.91 Å². The van der Waals surface area contributed by atoms with E-state index >= 15 is 0 Å². The monoisotopic (exact) mass is 435 g/mol. The minimum atomic E-state index is -1.25. The zero-order chi connectivity index (χ0) is 23.0. The highest BCUT2D eigenvalue weighted by Gasteiger charge is 2.49. The number of aryl methyl sites for hydroxylation is 1. The molecule has 8 nitrogen and oxygen atoms in total. The Labute approximate surface area is 185 Å². The summed E-state index contributed by atoms with van der Waals surface area (Å²) in [6, 6.07) is 11.8. The molecule has 0 bridgehead atoms. The number of methoxy groups -OCH3 is 1. The van der Waals surface area contributed by atoms with E-state index in [1.165, 1.54) is 0 Å². The number of ketones is 1. The molecule has 3 heterocycles. The van der Waals surface area contributed by atoms with Crippen LogP contribution in [0.1, 0.15) is 40.0 Å². The van der Waals surface area contributed by atoms with Gasteiger partial charge in [-0.05, 0) is 56.7 Å². The first-order chi connectivity index (χ1) is 15.2. The summed E-state index contributed by atoms with van der Waals surface area (Å²) in [6.45, 7) is 5.55. The Hall–Kier alpha value is -3.81. The number of amides is 3. The van der Waals surface area contributed by atoms with Crippen LogP contribution in [0.3, 0.4) is 0 Å². The molecule has 2 aromatic heterocycles. The maximum atomic E-state index is 13.2. The van der Waals surface area contributed by atoms with Gasteiger partial charge in [-0.2, -0.15) is 0 Å². The van der Waals surface area contributed by atoms with Crippen LogP contribution >= 0.6 is 0 Å². The second-order valence-electron chi connectivity index (χ2n) is 8.05. The topological polar surface area (TPSA) is 93.8 Å². The van der Waals surface area contributed by atoms with Crippen LogP contribution < -0.4 is 10.1 Å². The summed E-state index contributed by atoms with van der Waals surface area (Å²) in [7, 11) is 1.55. The first-order valence-corrected chi connectivity index (χ1v) is 10.3. The molecule has 1 saturated heterocycles. The van der Waals surface area contributed by atoms with Crippen LogP contribution in [0.25, 0.3) is 0 Å². The number of hydrogen-bond acceptors (Lipinski definition) is 5. The lowest BCUT2D eigenvalue weighted by Crippen LogP contribution is -2.41. The molecule has 0 spiro atoms. The molecule has 1 aliphatic rings. The summed E-state index contributed by atoms with van der Waals surface area (Å²) in [4.78, 5) is 39.9. The van der Waals surface area contributed by atoms with Crippen LogP contribution in [0.5, 0.6) is 5.75 Å². The summed E-state index contributed by atoms with van der Waals surface area (Å²) >= 11 is 0. The number of aromatic nitrogens is 1. The van der Waals surface area contributed by atoms with E-state index in [1.54, 1.807) is 50.6 Å². The minimum absolute atomic E-state index is 0.300. The molecule has 8 heteroatoms. The highest BCUT2D eigenvalue weighted by molar-refractivity contribution is 6.11. The molecular weight excluding hydrogens is 410 g/mol. The third-order valence-corrected chi connectivity index (χ3v) is 6.01. The molecule has 0 saturated carbocycles. The van der Waals surface area contributed by atoms with E-state index in [-0.39, 0.29) is 12.3 Å². The van der Waals surface area contributed by atoms with Crippen molar-refractivity contribution in [3.63, 3.8) is 0 Å². The van der Waals surface area contributed by atoms with Crippen LogP contribution in [0.4, 0.5) is 4.79 Å². The molecule has 1 aliphatic heterocycles. The standard InChI is InChI=1S/C24H25N3O5/c1-15-12-20(16(2)26(15)13-19-6-5-11-32-19)21(28)14-27-22(29)24(3,25-23(27)30)17-7-9-18(31-4)10-8-17/h5-12H,13-14H2,1-4H3,(H,25,30). The fourth-order valence-corrected chi connectivity index (χ4v) is 4.07. The number of ether oxygens (including phenoxy) is 1. The maximum Gasteiger partial charge on any atom is 0.325 e. The second-order valence-corrected chi connectivity index (χ2v) is 8.05. The van der Waals surface area contributed by atoms with Gasteiger partial charge in [-0.3, -0.25) is 14.5 Å². The van der Waals surface area contributed by atoms with E-state index in [0.717, 1.165) is 22.0 Å². The van der Waals surface area contributed by atoms with Crippen LogP contribution in [-0.4, -0.2) is 40.8 Å². The average Bonchev–Trinajstić information content (AvgIpc) is 3.45. The molecule has 3 aromatic rings. The molecular formula is C24H25N3O5. The molecule has 0 aliphatic carbocycles. The number of hydrogen-bond donors (Lipinski definition) is 1. The smallest absolute Gasteiger partial charge is 0.325 e. The second kappa shape index (κ2) is 8.03. The molecule has 1 aromatic carbocycles. The Kier molecular flexibility index (Phi) is 5.38. The molecule has 0 radical (unpaired) electrons. The van der Waals surface area contributed by atoms with E-state index in [0.29, 0.717) is 23.4 Å². The number of furan rings is 1.